The molecule has 1 aromatic heterocycles. The largest absolute Gasteiger partial charge is 0.383 e. The van der Waals surface area contributed by atoms with Crippen molar-refractivity contribution in [1.82, 2.24) is 4.57 Å². The second-order valence-corrected chi connectivity index (χ2v) is 6.93. The zero-order valence-corrected chi connectivity index (χ0v) is 15.5. The maximum absolute atomic E-state index is 13.8. The zero-order valence-electron chi connectivity index (χ0n) is 13.1. The van der Waals surface area contributed by atoms with Gasteiger partial charge in [0.05, 0.1) is 32.4 Å². The molecular weight excluding hydrogens is 386 g/mol. The molecule has 25 heavy (non-hydrogen) atoms. The molecule has 0 spiro atoms. The molecule has 1 amide bonds. The van der Waals surface area contributed by atoms with E-state index >= 15 is 0 Å². The Kier molecular flexibility index (Phi) is 5.54. The van der Waals surface area contributed by atoms with Crippen molar-refractivity contribution in [3.63, 3.8) is 0 Å². The number of methoxy groups -OCH3 is 1. The number of hydrogen-bond acceptors (Lipinski definition) is 3. The topological polar surface area (TPSA) is 43.6 Å². The number of thiazole rings is 1. The third-order valence-corrected chi connectivity index (χ3v) is 5.39. The lowest BCUT2D eigenvalue weighted by molar-refractivity contribution is 0.0993. The van der Waals surface area contributed by atoms with E-state index in [4.69, 9.17) is 27.9 Å². The summed E-state index contributed by atoms with van der Waals surface area (Å²) in [6, 6.07) is 9.23. The van der Waals surface area contributed by atoms with Gasteiger partial charge < -0.3 is 9.30 Å². The number of aromatic nitrogens is 1. The predicted octanol–water partition coefficient (Wildman–Crippen LogP) is 4.54. The van der Waals surface area contributed by atoms with Crippen molar-refractivity contribution in [3.05, 3.63) is 62.6 Å². The molecule has 1 heterocycles. The smallest absolute Gasteiger partial charge is 0.282 e. The summed E-state index contributed by atoms with van der Waals surface area (Å²) >= 11 is 13.7. The van der Waals surface area contributed by atoms with Crippen LogP contribution in [0.4, 0.5) is 4.39 Å². The Hall–Kier alpha value is -1.73. The standard InChI is InChI=1S/C17H13Cl2FN2O2S/c1-24-9-8-22-15-13(7-6-11(18)14(15)19)25-17(22)21-16(23)10-4-2-3-5-12(10)20/h2-7H,8-9H2,1H3. The van der Waals surface area contributed by atoms with Gasteiger partial charge in [-0.05, 0) is 24.3 Å². The Labute approximate surface area is 157 Å². The highest BCUT2D eigenvalue weighted by Gasteiger charge is 2.15. The first-order valence-corrected chi connectivity index (χ1v) is 8.90. The minimum atomic E-state index is -0.655. The molecule has 4 nitrogen and oxygen atoms in total. The van der Waals surface area contributed by atoms with E-state index in [1.54, 1.807) is 23.8 Å². The average molecular weight is 399 g/mol. The van der Waals surface area contributed by atoms with Gasteiger partial charge in [-0.2, -0.15) is 4.99 Å². The molecule has 0 fully saturated rings. The summed E-state index contributed by atoms with van der Waals surface area (Å²) in [6.45, 7) is 0.829. The van der Waals surface area contributed by atoms with E-state index in [0.29, 0.717) is 33.5 Å². The molecule has 130 valence electrons. The van der Waals surface area contributed by atoms with Gasteiger partial charge in [0.2, 0.25) is 0 Å². The number of hydrogen-bond donors (Lipinski definition) is 0. The van der Waals surface area contributed by atoms with Gasteiger partial charge in [0.15, 0.2) is 4.80 Å². The number of benzene rings is 2. The van der Waals surface area contributed by atoms with Crippen LogP contribution in [0.5, 0.6) is 0 Å². The number of ether oxygens (including phenoxy) is 1. The number of rotatable bonds is 4. The fourth-order valence-corrected chi connectivity index (χ4v) is 3.90. The maximum Gasteiger partial charge on any atom is 0.282 e. The highest BCUT2D eigenvalue weighted by atomic mass is 35.5. The zero-order chi connectivity index (χ0) is 18.0. The number of carbonyl (C=O) groups is 1. The van der Waals surface area contributed by atoms with Crippen LogP contribution in [0, 0.1) is 5.82 Å². The summed E-state index contributed by atoms with van der Waals surface area (Å²) < 4.78 is 21.5. The normalized spacial score (nSPS) is 12.1. The highest BCUT2D eigenvalue weighted by Crippen LogP contribution is 2.32. The van der Waals surface area contributed by atoms with Crippen LogP contribution in [0.3, 0.4) is 0 Å². The molecule has 0 bridgehead atoms. The second-order valence-electron chi connectivity index (χ2n) is 5.13. The summed E-state index contributed by atoms with van der Waals surface area (Å²) in [5.74, 6) is -1.26. The summed E-state index contributed by atoms with van der Waals surface area (Å²) in [7, 11) is 1.57. The van der Waals surface area contributed by atoms with Gasteiger partial charge in [0.1, 0.15) is 5.82 Å². The minimum absolute atomic E-state index is 0.0811. The van der Waals surface area contributed by atoms with E-state index in [-0.39, 0.29) is 5.56 Å². The van der Waals surface area contributed by atoms with Gasteiger partial charge in [0, 0.05) is 13.7 Å². The Balaban J connectivity index is 2.19. The Morgan fingerprint density at radius 3 is 2.76 bits per heavy atom. The number of carbonyl (C=O) groups excluding carboxylic acids is 1. The monoisotopic (exact) mass is 398 g/mol. The first-order chi connectivity index (χ1) is 12.0. The Bertz CT molecular complexity index is 1010. The maximum atomic E-state index is 13.8. The van der Waals surface area contributed by atoms with E-state index in [1.807, 2.05) is 6.07 Å². The average Bonchev–Trinajstić information content (AvgIpc) is 2.94. The number of nitrogens with zero attached hydrogens (tertiary/aromatic N) is 2. The SMILES string of the molecule is COCCn1c(=NC(=O)c2ccccc2F)sc2ccc(Cl)c(Cl)c21. The molecule has 0 aliphatic carbocycles. The lowest BCUT2D eigenvalue weighted by Crippen LogP contribution is -2.19. The van der Waals surface area contributed by atoms with Crippen LogP contribution < -0.4 is 4.80 Å². The lowest BCUT2D eigenvalue weighted by atomic mass is 10.2. The molecule has 0 N–H and O–H groups in total. The molecule has 3 rings (SSSR count). The number of amides is 1. The fourth-order valence-electron chi connectivity index (χ4n) is 2.36. The van der Waals surface area contributed by atoms with E-state index in [1.165, 1.54) is 29.5 Å². The van der Waals surface area contributed by atoms with Crippen molar-refractivity contribution < 1.29 is 13.9 Å². The lowest BCUT2D eigenvalue weighted by Gasteiger charge is -2.06. The van der Waals surface area contributed by atoms with Gasteiger partial charge in [-0.15, -0.1) is 0 Å². The molecule has 8 heteroatoms. The van der Waals surface area contributed by atoms with Gasteiger partial charge in [-0.3, -0.25) is 4.79 Å². The molecule has 0 atom stereocenters. The molecule has 0 radical (unpaired) electrons. The summed E-state index contributed by atoms with van der Waals surface area (Å²) in [6.07, 6.45) is 0. The molecule has 3 aromatic rings. The van der Waals surface area contributed by atoms with E-state index in [0.717, 1.165) is 4.70 Å². The van der Waals surface area contributed by atoms with Crippen molar-refractivity contribution in [2.75, 3.05) is 13.7 Å². The summed E-state index contributed by atoms with van der Waals surface area (Å²) in [4.78, 5) is 16.9. The number of halogens is 3. The highest BCUT2D eigenvalue weighted by molar-refractivity contribution is 7.16. The van der Waals surface area contributed by atoms with Crippen molar-refractivity contribution in [2.24, 2.45) is 4.99 Å². The van der Waals surface area contributed by atoms with Gasteiger partial charge in [-0.1, -0.05) is 46.7 Å². The fraction of sp³-hybridized carbons (Fsp3) is 0.176. The van der Waals surface area contributed by atoms with Gasteiger partial charge >= 0.3 is 0 Å². The number of fused-ring (bicyclic) bond motifs is 1. The molecule has 0 saturated carbocycles. The molecule has 0 saturated heterocycles. The Morgan fingerprint density at radius 2 is 2.04 bits per heavy atom. The second kappa shape index (κ2) is 7.66. The first-order valence-electron chi connectivity index (χ1n) is 7.32. The van der Waals surface area contributed by atoms with Crippen molar-refractivity contribution in [2.45, 2.75) is 6.54 Å². The van der Waals surface area contributed by atoms with Crippen LogP contribution in [0.25, 0.3) is 10.2 Å². The van der Waals surface area contributed by atoms with Crippen LogP contribution in [-0.2, 0) is 11.3 Å². The molecular formula is C17H13Cl2FN2O2S. The van der Waals surface area contributed by atoms with Crippen LogP contribution in [-0.4, -0.2) is 24.2 Å². The van der Waals surface area contributed by atoms with Crippen LogP contribution >= 0.6 is 34.5 Å². The van der Waals surface area contributed by atoms with Gasteiger partial charge in [-0.25, -0.2) is 4.39 Å². The van der Waals surface area contributed by atoms with Crippen LogP contribution in [0.15, 0.2) is 41.4 Å². The van der Waals surface area contributed by atoms with Crippen molar-refractivity contribution in [3.8, 4) is 0 Å². The van der Waals surface area contributed by atoms with Crippen molar-refractivity contribution >= 4 is 50.7 Å². The quantitative estimate of drug-likeness (QED) is 0.647. The van der Waals surface area contributed by atoms with Crippen LogP contribution in [0.2, 0.25) is 10.0 Å². The third kappa shape index (κ3) is 3.62. The molecule has 2 aromatic carbocycles. The first kappa shape index (κ1) is 18.1. The van der Waals surface area contributed by atoms with Crippen LogP contribution in [0.1, 0.15) is 10.4 Å². The molecule has 0 aliphatic rings. The van der Waals surface area contributed by atoms with Gasteiger partial charge in [0.25, 0.3) is 5.91 Å². The minimum Gasteiger partial charge on any atom is -0.383 e. The summed E-state index contributed by atoms with van der Waals surface area (Å²) in [5.41, 5.74) is 0.596. The Morgan fingerprint density at radius 1 is 1.28 bits per heavy atom. The van der Waals surface area contributed by atoms with Crippen molar-refractivity contribution in [1.29, 1.82) is 0 Å². The summed E-state index contributed by atoms with van der Waals surface area (Å²) in [5, 5.41) is 0.788. The van der Waals surface area contributed by atoms with E-state index < -0.39 is 11.7 Å². The third-order valence-electron chi connectivity index (χ3n) is 3.55. The van der Waals surface area contributed by atoms with E-state index in [9.17, 15) is 9.18 Å². The molecule has 0 aliphatic heterocycles. The predicted molar refractivity (Wildman–Crippen MR) is 98.0 cm³/mol. The molecule has 0 unspecified atom stereocenters. The van der Waals surface area contributed by atoms with E-state index in [2.05, 4.69) is 4.99 Å².